The van der Waals surface area contributed by atoms with Gasteiger partial charge in [-0.2, -0.15) is 0 Å². The second-order valence-electron chi connectivity index (χ2n) is 4.08. The van der Waals surface area contributed by atoms with Gasteiger partial charge in [0.2, 0.25) is 0 Å². The van der Waals surface area contributed by atoms with E-state index in [4.69, 9.17) is 11.6 Å². The zero-order chi connectivity index (χ0) is 14.0. The third-order valence-corrected chi connectivity index (χ3v) is 2.88. The van der Waals surface area contributed by atoms with Gasteiger partial charge in [0.25, 0.3) is 5.91 Å². The van der Waals surface area contributed by atoms with E-state index in [1.54, 1.807) is 19.1 Å². The van der Waals surface area contributed by atoms with Crippen LogP contribution in [0.1, 0.15) is 15.9 Å². The molecule has 1 amide bonds. The SMILES string of the molecule is Cc1ccc(NC(=O)c2cc(Cl)ccc2F)cc1O. The Morgan fingerprint density at radius 1 is 1.26 bits per heavy atom. The predicted octanol–water partition coefficient (Wildman–Crippen LogP) is 3.75. The average molecular weight is 280 g/mol. The lowest BCUT2D eigenvalue weighted by Crippen LogP contribution is -2.13. The van der Waals surface area contributed by atoms with E-state index in [0.29, 0.717) is 11.3 Å². The van der Waals surface area contributed by atoms with Crippen molar-refractivity contribution in [3.63, 3.8) is 0 Å². The minimum absolute atomic E-state index is 0.0596. The van der Waals surface area contributed by atoms with Crippen LogP contribution in [0.15, 0.2) is 36.4 Å². The lowest BCUT2D eigenvalue weighted by atomic mass is 10.1. The summed E-state index contributed by atoms with van der Waals surface area (Å²) in [5, 5.41) is 12.3. The van der Waals surface area contributed by atoms with Gasteiger partial charge in [0, 0.05) is 16.8 Å². The maximum absolute atomic E-state index is 13.5. The average Bonchev–Trinajstić information content (AvgIpc) is 2.36. The first-order chi connectivity index (χ1) is 8.97. The van der Waals surface area contributed by atoms with E-state index in [-0.39, 0.29) is 16.3 Å². The second-order valence-corrected chi connectivity index (χ2v) is 4.52. The van der Waals surface area contributed by atoms with Crippen molar-refractivity contribution >= 4 is 23.2 Å². The standard InChI is InChI=1S/C14H11ClFNO2/c1-8-2-4-10(7-13(8)18)17-14(19)11-6-9(15)3-5-12(11)16/h2-7,18H,1H3,(H,17,19). The lowest BCUT2D eigenvalue weighted by molar-refractivity contribution is 0.102. The van der Waals surface area contributed by atoms with Gasteiger partial charge >= 0.3 is 0 Å². The Balaban J connectivity index is 2.25. The maximum atomic E-state index is 13.5. The van der Waals surface area contributed by atoms with Crippen molar-refractivity contribution in [3.05, 3.63) is 58.4 Å². The first-order valence-corrected chi connectivity index (χ1v) is 5.91. The molecule has 0 unspecified atom stereocenters. The highest BCUT2D eigenvalue weighted by atomic mass is 35.5. The number of phenols is 1. The molecule has 2 N–H and O–H groups in total. The smallest absolute Gasteiger partial charge is 0.258 e. The Bertz CT molecular complexity index is 643. The first kappa shape index (κ1) is 13.4. The van der Waals surface area contributed by atoms with Crippen LogP contribution in [0, 0.1) is 12.7 Å². The molecule has 98 valence electrons. The number of carbonyl (C=O) groups is 1. The highest BCUT2D eigenvalue weighted by molar-refractivity contribution is 6.31. The molecule has 19 heavy (non-hydrogen) atoms. The van der Waals surface area contributed by atoms with E-state index in [9.17, 15) is 14.3 Å². The van der Waals surface area contributed by atoms with Crippen molar-refractivity contribution in [1.29, 1.82) is 0 Å². The second kappa shape index (κ2) is 5.28. The molecule has 0 saturated heterocycles. The van der Waals surface area contributed by atoms with Crippen LogP contribution < -0.4 is 5.32 Å². The first-order valence-electron chi connectivity index (χ1n) is 5.53. The summed E-state index contributed by atoms with van der Waals surface area (Å²) >= 11 is 5.72. The molecular weight excluding hydrogens is 269 g/mol. The van der Waals surface area contributed by atoms with Gasteiger partial charge < -0.3 is 10.4 Å². The number of hydrogen-bond donors (Lipinski definition) is 2. The van der Waals surface area contributed by atoms with Crippen LogP contribution >= 0.6 is 11.6 Å². The van der Waals surface area contributed by atoms with Gasteiger partial charge in [0.15, 0.2) is 0 Å². The van der Waals surface area contributed by atoms with E-state index in [1.807, 2.05) is 0 Å². The number of carbonyl (C=O) groups excluding carboxylic acids is 1. The van der Waals surface area contributed by atoms with E-state index >= 15 is 0 Å². The molecule has 0 heterocycles. The molecule has 0 bridgehead atoms. The summed E-state index contributed by atoms with van der Waals surface area (Å²) < 4.78 is 13.5. The van der Waals surface area contributed by atoms with Crippen LogP contribution in [-0.4, -0.2) is 11.0 Å². The summed E-state index contributed by atoms with van der Waals surface area (Å²) in [4.78, 5) is 11.9. The number of aromatic hydroxyl groups is 1. The van der Waals surface area contributed by atoms with Crippen LogP contribution in [0.25, 0.3) is 0 Å². The minimum atomic E-state index is -0.654. The summed E-state index contributed by atoms with van der Waals surface area (Å²) in [5.41, 5.74) is 0.923. The molecule has 0 aromatic heterocycles. The fourth-order valence-electron chi connectivity index (χ4n) is 1.56. The zero-order valence-corrected chi connectivity index (χ0v) is 10.8. The molecule has 3 nitrogen and oxygen atoms in total. The predicted molar refractivity (Wildman–Crippen MR) is 72.2 cm³/mol. The van der Waals surface area contributed by atoms with Gasteiger partial charge in [0.1, 0.15) is 11.6 Å². The number of anilines is 1. The maximum Gasteiger partial charge on any atom is 0.258 e. The number of hydrogen-bond acceptors (Lipinski definition) is 2. The van der Waals surface area contributed by atoms with Crippen molar-refractivity contribution in [2.24, 2.45) is 0 Å². The molecule has 5 heteroatoms. The van der Waals surface area contributed by atoms with Gasteiger partial charge in [-0.25, -0.2) is 4.39 Å². The lowest BCUT2D eigenvalue weighted by Gasteiger charge is -2.08. The molecule has 0 radical (unpaired) electrons. The van der Waals surface area contributed by atoms with Crippen molar-refractivity contribution in [1.82, 2.24) is 0 Å². The number of phenolic OH excluding ortho intramolecular Hbond substituents is 1. The van der Waals surface area contributed by atoms with Gasteiger partial charge in [-0.15, -0.1) is 0 Å². The Kier molecular flexibility index (Phi) is 3.71. The largest absolute Gasteiger partial charge is 0.508 e. The zero-order valence-electron chi connectivity index (χ0n) is 10.1. The summed E-state index contributed by atoms with van der Waals surface area (Å²) in [6, 6.07) is 8.42. The van der Waals surface area contributed by atoms with Gasteiger partial charge in [0.05, 0.1) is 5.56 Å². The number of aryl methyl sites for hydroxylation is 1. The fraction of sp³-hybridized carbons (Fsp3) is 0.0714. The third kappa shape index (κ3) is 3.03. The van der Waals surface area contributed by atoms with E-state index in [2.05, 4.69) is 5.32 Å². The summed E-state index contributed by atoms with van der Waals surface area (Å²) in [5.74, 6) is -1.22. The Hall–Kier alpha value is -2.07. The van der Waals surface area contributed by atoms with Crippen LogP contribution in [0.3, 0.4) is 0 Å². The molecule has 0 spiro atoms. The number of halogens is 2. The highest BCUT2D eigenvalue weighted by Crippen LogP contribution is 2.22. The Morgan fingerprint density at radius 2 is 2.00 bits per heavy atom. The summed E-state index contributed by atoms with van der Waals surface area (Å²) in [6.45, 7) is 1.73. The Labute approximate surface area is 114 Å². The van der Waals surface area contributed by atoms with E-state index in [0.717, 1.165) is 6.07 Å². The topological polar surface area (TPSA) is 49.3 Å². The highest BCUT2D eigenvalue weighted by Gasteiger charge is 2.12. The molecule has 2 aromatic rings. The van der Waals surface area contributed by atoms with Crippen LogP contribution in [-0.2, 0) is 0 Å². The fourth-order valence-corrected chi connectivity index (χ4v) is 1.73. The van der Waals surface area contributed by atoms with Gasteiger partial charge in [-0.1, -0.05) is 17.7 Å². The third-order valence-electron chi connectivity index (χ3n) is 2.64. The van der Waals surface area contributed by atoms with Crippen LogP contribution in [0.2, 0.25) is 5.02 Å². The molecule has 0 aliphatic carbocycles. The number of nitrogens with one attached hydrogen (secondary N) is 1. The van der Waals surface area contributed by atoms with Crippen LogP contribution in [0.5, 0.6) is 5.75 Å². The van der Waals surface area contributed by atoms with Crippen molar-refractivity contribution in [3.8, 4) is 5.75 Å². The molecule has 0 aliphatic heterocycles. The van der Waals surface area contributed by atoms with E-state index < -0.39 is 11.7 Å². The molecule has 2 aromatic carbocycles. The van der Waals surface area contributed by atoms with Crippen molar-refractivity contribution in [2.45, 2.75) is 6.92 Å². The van der Waals surface area contributed by atoms with Gasteiger partial charge in [-0.05, 0) is 36.8 Å². The Morgan fingerprint density at radius 3 is 2.68 bits per heavy atom. The minimum Gasteiger partial charge on any atom is -0.508 e. The van der Waals surface area contributed by atoms with Gasteiger partial charge in [-0.3, -0.25) is 4.79 Å². The summed E-state index contributed by atoms with van der Waals surface area (Å²) in [6.07, 6.45) is 0. The van der Waals surface area contributed by atoms with E-state index in [1.165, 1.54) is 18.2 Å². The van der Waals surface area contributed by atoms with Crippen molar-refractivity contribution in [2.75, 3.05) is 5.32 Å². The van der Waals surface area contributed by atoms with Crippen LogP contribution in [0.4, 0.5) is 10.1 Å². The monoisotopic (exact) mass is 279 g/mol. The summed E-state index contributed by atoms with van der Waals surface area (Å²) in [7, 11) is 0. The number of rotatable bonds is 2. The number of amides is 1. The molecule has 0 aliphatic rings. The molecular formula is C14H11ClFNO2. The quantitative estimate of drug-likeness (QED) is 0.880. The molecule has 2 rings (SSSR count). The normalized spacial score (nSPS) is 10.3. The molecule has 0 atom stereocenters. The molecule has 0 fully saturated rings. The number of benzene rings is 2. The van der Waals surface area contributed by atoms with Crippen molar-refractivity contribution < 1.29 is 14.3 Å². The molecule has 0 saturated carbocycles.